The summed E-state index contributed by atoms with van der Waals surface area (Å²) in [4.78, 5) is 11.8. The Labute approximate surface area is 104 Å². The average molecular weight is 248 g/mol. The standard InChI is InChI=1S/C14H16O2S/c15-14(16)5-3-4-12-6-8-13(9-7-12)17-10-1-2-11-17/h1-2,6-11,17H,3-5H2,(H,15,16). The Bertz CT molecular complexity index is 434. The van der Waals surface area contributed by atoms with Crippen LogP contribution in [-0.4, -0.2) is 11.1 Å². The number of thiol groups is 1. The fourth-order valence-electron chi connectivity index (χ4n) is 1.79. The number of hydrogen-bond donors (Lipinski definition) is 2. The van der Waals surface area contributed by atoms with E-state index in [4.69, 9.17) is 5.11 Å². The number of allylic oxidation sites excluding steroid dienone is 2. The van der Waals surface area contributed by atoms with E-state index in [2.05, 4.69) is 47.2 Å². The molecule has 1 aromatic rings. The normalized spacial score (nSPS) is 15.4. The molecule has 0 bridgehead atoms. The van der Waals surface area contributed by atoms with Gasteiger partial charge in [-0.2, -0.15) is 10.9 Å². The molecule has 17 heavy (non-hydrogen) atoms. The second kappa shape index (κ2) is 5.73. The molecule has 1 heterocycles. The van der Waals surface area contributed by atoms with Gasteiger partial charge in [-0.3, -0.25) is 4.79 Å². The Balaban J connectivity index is 1.91. The molecule has 1 aromatic carbocycles. The van der Waals surface area contributed by atoms with E-state index in [9.17, 15) is 4.79 Å². The maximum Gasteiger partial charge on any atom is 0.303 e. The number of carbonyl (C=O) groups is 1. The van der Waals surface area contributed by atoms with Crippen LogP contribution in [-0.2, 0) is 11.2 Å². The van der Waals surface area contributed by atoms with Crippen molar-refractivity contribution in [2.24, 2.45) is 0 Å². The molecule has 2 nitrogen and oxygen atoms in total. The van der Waals surface area contributed by atoms with Gasteiger partial charge in [0.1, 0.15) is 0 Å². The minimum atomic E-state index is -0.716. The summed E-state index contributed by atoms with van der Waals surface area (Å²) in [7, 11) is -0.231. The topological polar surface area (TPSA) is 37.3 Å². The number of rotatable bonds is 5. The molecule has 1 aliphatic heterocycles. The molecule has 0 radical (unpaired) electrons. The third-order valence-electron chi connectivity index (χ3n) is 2.70. The molecule has 1 aliphatic rings. The molecule has 0 unspecified atom stereocenters. The maximum absolute atomic E-state index is 10.4. The molecule has 0 aliphatic carbocycles. The number of benzene rings is 1. The summed E-state index contributed by atoms with van der Waals surface area (Å²) in [6.45, 7) is 0. The van der Waals surface area contributed by atoms with Crippen LogP contribution in [0.2, 0.25) is 0 Å². The van der Waals surface area contributed by atoms with Crippen molar-refractivity contribution < 1.29 is 9.90 Å². The molecule has 90 valence electrons. The van der Waals surface area contributed by atoms with Crippen molar-refractivity contribution in [2.75, 3.05) is 0 Å². The van der Waals surface area contributed by atoms with E-state index in [1.165, 1.54) is 10.5 Å². The predicted octanol–water partition coefficient (Wildman–Crippen LogP) is 3.50. The van der Waals surface area contributed by atoms with Gasteiger partial charge in [0.05, 0.1) is 0 Å². The summed E-state index contributed by atoms with van der Waals surface area (Å²) in [5, 5.41) is 13.0. The van der Waals surface area contributed by atoms with Gasteiger partial charge < -0.3 is 5.11 Å². The highest BCUT2D eigenvalue weighted by Crippen LogP contribution is 2.41. The van der Waals surface area contributed by atoms with Crippen LogP contribution in [0.3, 0.4) is 0 Å². The van der Waals surface area contributed by atoms with Crippen LogP contribution >= 0.6 is 10.9 Å². The van der Waals surface area contributed by atoms with Crippen molar-refractivity contribution in [1.29, 1.82) is 0 Å². The second-order valence-electron chi connectivity index (χ2n) is 4.00. The fraction of sp³-hybridized carbons (Fsp3) is 0.214. The second-order valence-corrected chi connectivity index (χ2v) is 5.93. The molecular weight excluding hydrogens is 232 g/mol. The molecule has 0 saturated heterocycles. The van der Waals surface area contributed by atoms with Gasteiger partial charge in [-0.15, -0.1) is 0 Å². The molecule has 0 fully saturated rings. The fourth-order valence-corrected chi connectivity index (χ4v) is 3.29. The van der Waals surface area contributed by atoms with Gasteiger partial charge in [-0.25, -0.2) is 0 Å². The van der Waals surface area contributed by atoms with Crippen LogP contribution < -0.4 is 0 Å². The molecule has 1 N–H and O–H groups in total. The van der Waals surface area contributed by atoms with Crippen molar-refractivity contribution >= 4 is 16.9 Å². The summed E-state index contributed by atoms with van der Waals surface area (Å²) in [5.74, 6) is -0.716. The van der Waals surface area contributed by atoms with Gasteiger partial charge in [0.2, 0.25) is 0 Å². The first-order chi connectivity index (χ1) is 8.25. The molecule has 0 spiro atoms. The Kier molecular flexibility index (Phi) is 4.04. The first-order valence-corrected chi connectivity index (χ1v) is 7.18. The summed E-state index contributed by atoms with van der Waals surface area (Å²) < 4.78 is 0. The molecule has 0 saturated carbocycles. The van der Waals surface area contributed by atoms with E-state index in [1.54, 1.807) is 0 Å². The zero-order valence-electron chi connectivity index (χ0n) is 9.54. The van der Waals surface area contributed by atoms with Gasteiger partial charge in [-0.05, 0) is 46.2 Å². The smallest absolute Gasteiger partial charge is 0.303 e. The number of aryl methyl sites for hydroxylation is 1. The van der Waals surface area contributed by atoms with Crippen LogP contribution in [0.1, 0.15) is 18.4 Å². The lowest BCUT2D eigenvalue weighted by molar-refractivity contribution is -0.137. The highest BCUT2D eigenvalue weighted by molar-refractivity contribution is 8.22. The van der Waals surface area contributed by atoms with Gasteiger partial charge in [0.25, 0.3) is 0 Å². The predicted molar refractivity (Wildman–Crippen MR) is 72.5 cm³/mol. The highest BCUT2D eigenvalue weighted by Gasteiger charge is 2.03. The first kappa shape index (κ1) is 12.0. The van der Waals surface area contributed by atoms with Crippen molar-refractivity contribution in [2.45, 2.75) is 24.2 Å². The Morgan fingerprint density at radius 1 is 1.12 bits per heavy atom. The third-order valence-corrected chi connectivity index (χ3v) is 4.58. The van der Waals surface area contributed by atoms with Crippen LogP contribution in [0.15, 0.2) is 52.1 Å². The molecule has 0 amide bonds. The van der Waals surface area contributed by atoms with E-state index in [0.717, 1.165) is 6.42 Å². The first-order valence-electron chi connectivity index (χ1n) is 5.70. The highest BCUT2D eigenvalue weighted by atomic mass is 32.2. The Hall–Kier alpha value is -1.48. The zero-order chi connectivity index (χ0) is 12.1. The average Bonchev–Trinajstić information content (AvgIpc) is 2.83. The van der Waals surface area contributed by atoms with Crippen LogP contribution in [0, 0.1) is 0 Å². The van der Waals surface area contributed by atoms with Crippen molar-refractivity contribution in [3.05, 3.63) is 52.8 Å². The third kappa shape index (κ3) is 3.49. The summed E-state index contributed by atoms with van der Waals surface area (Å²) >= 11 is 0. The Morgan fingerprint density at radius 2 is 1.76 bits per heavy atom. The molecule has 3 heteroatoms. The van der Waals surface area contributed by atoms with Gasteiger partial charge in [0, 0.05) is 6.42 Å². The van der Waals surface area contributed by atoms with E-state index in [1.807, 2.05) is 0 Å². The number of carboxylic acids is 1. The van der Waals surface area contributed by atoms with Gasteiger partial charge in [0.15, 0.2) is 0 Å². The summed E-state index contributed by atoms with van der Waals surface area (Å²) in [6.07, 6.45) is 5.98. The minimum absolute atomic E-state index is 0.231. The molecular formula is C14H16O2S. The molecule has 0 atom stereocenters. The maximum atomic E-state index is 10.4. The minimum Gasteiger partial charge on any atom is -0.481 e. The van der Waals surface area contributed by atoms with Gasteiger partial charge >= 0.3 is 5.97 Å². The van der Waals surface area contributed by atoms with Gasteiger partial charge in [-0.1, -0.05) is 24.3 Å². The SMILES string of the molecule is O=C(O)CCCc1ccc([SH]2C=CC=C2)cc1. The quantitative estimate of drug-likeness (QED) is 0.783. The van der Waals surface area contributed by atoms with Crippen LogP contribution in [0.4, 0.5) is 0 Å². The van der Waals surface area contributed by atoms with E-state index < -0.39 is 5.97 Å². The number of hydrogen-bond acceptors (Lipinski definition) is 1. The Morgan fingerprint density at radius 3 is 2.35 bits per heavy atom. The summed E-state index contributed by atoms with van der Waals surface area (Å²) in [6, 6.07) is 8.53. The van der Waals surface area contributed by atoms with Crippen molar-refractivity contribution in [1.82, 2.24) is 0 Å². The number of aliphatic carboxylic acids is 1. The monoisotopic (exact) mass is 248 g/mol. The lowest BCUT2D eigenvalue weighted by atomic mass is 10.1. The van der Waals surface area contributed by atoms with Crippen LogP contribution in [0.25, 0.3) is 0 Å². The van der Waals surface area contributed by atoms with E-state index in [-0.39, 0.29) is 17.3 Å². The largest absolute Gasteiger partial charge is 0.481 e. The van der Waals surface area contributed by atoms with E-state index >= 15 is 0 Å². The zero-order valence-corrected chi connectivity index (χ0v) is 10.4. The number of carboxylic acid groups (broad SMARTS) is 1. The molecule has 0 aromatic heterocycles. The molecule has 2 rings (SSSR count). The van der Waals surface area contributed by atoms with Crippen LogP contribution in [0.5, 0.6) is 0 Å². The van der Waals surface area contributed by atoms with Crippen molar-refractivity contribution in [3.8, 4) is 0 Å². The van der Waals surface area contributed by atoms with E-state index in [0.29, 0.717) is 6.42 Å². The van der Waals surface area contributed by atoms with Crippen molar-refractivity contribution in [3.63, 3.8) is 0 Å². The summed E-state index contributed by atoms with van der Waals surface area (Å²) in [5.41, 5.74) is 1.22. The lowest BCUT2D eigenvalue weighted by Crippen LogP contribution is -1.95. The lowest BCUT2D eigenvalue weighted by Gasteiger charge is -2.10.